The molecule has 0 saturated carbocycles. The average molecular weight is 377 g/mol. The lowest BCUT2D eigenvalue weighted by Crippen LogP contribution is -2.48. The number of nitrogens with zero attached hydrogens (tertiary/aromatic N) is 1. The Morgan fingerprint density at radius 2 is 1.76 bits per heavy atom. The van der Waals surface area contributed by atoms with Crippen molar-refractivity contribution >= 4 is 38.5 Å². The smallest absolute Gasteiger partial charge is 0.178 e. The van der Waals surface area contributed by atoms with Crippen molar-refractivity contribution in [1.29, 1.82) is 0 Å². The first-order chi connectivity index (χ1) is 11.9. The van der Waals surface area contributed by atoms with Crippen LogP contribution in [0.15, 0.2) is 54.6 Å². The molecule has 0 bridgehead atoms. The van der Waals surface area contributed by atoms with Gasteiger partial charge >= 0.3 is 0 Å². The van der Waals surface area contributed by atoms with E-state index in [9.17, 15) is 13.5 Å². The molecule has 25 heavy (non-hydrogen) atoms. The summed E-state index contributed by atoms with van der Waals surface area (Å²) in [5, 5.41) is 13.8. The molecule has 0 aliphatic carbocycles. The predicted molar refractivity (Wildman–Crippen MR) is 105 cm³/mol. The molecule has 0 amide bonds. The predicted octanol–water partition coefficient (Wildman–Crippen LogP) is 2.36. The van der Waals surface area contributed by atoms with Crippen molar-refractivity contribution in [2.45, 2.75) is 19.1 Å². The summed E-state index contributed by atoms with van der Waals surface area (Å²) >= 11 is 5.55. The van der Waals surface area contributed by atoms with Crippen LogP contribution in [0.4, 0.5) is 11.4 Å². The molecule has 2 aromatic rings. The Morgan fingerprint density at radius 3 is 2.32 bits per heavy atom. The second-order valence-corrected chi connectivity index (χ2v) is 8.75. The van der Waals surface area contributed by atoms with E-state index in [4.69, 9.17) is 12.2 Å². The standard InChI is InChI=1S/C18H20N2O3S2/c1-13-7-9-14(10-8-13)19-18(24)20(15-5-3-2-4-6-15)16-11-25(22,23)12-17(16)21/h2-10,16-17,21H,11-12H2,1H3,(H,19,24)/t16-,17-/m1/s1. The van der Waals surface area contributed by atoms with Crippen LogP contribution in [-0.2, 0) is 9.84 Å². The van der Waals surface area contributed by atoms with Gasteiger partial charge in [-0.05, 0) is 43.4 Å². The molecule has 1 heterocycles. The quantitative estimate of drug-likeness (QED) is 0.802. The van der Waals surface area contributed by atoms with Crippen LogP contribution in [0.25, 0.3) is 0 Å². The highest BCUT2D eigenvalue weighted by Gasteiger charge is 2.41. The van der Waals surface area contributed by atoms with Crippen LogP contribution in [0.2, 0.25) is 0 Å². The van der Waals surface area contributed by atoms with Gasteiger partial charge in [0.15, 0.2) is 14.9 Å². The van der Waals surface area contributed by atoms with Crippen molar-refractivity contribution in [3.8, 4) is 0 Å². The Balaban J connectivity index is 1.91. The van der Waals surface area contributed by atoms with E-state index in [1.165, 1.54) is 0 Å². The third-order valence-electron chi connectivity index (χ3n) is 4.18. The Morgan fingerprint density at radius 1 is 1.12 bits per heavy atom. The third kappa shape index (κ3) is 4.18. The Bertz CT molecular complexity index is 852. The largest absolute Gasteiger partial charge is 0.390 e. The zero-order valence-electron chi connectivity index (χ0n) is 13.8. The van der Waals surface area contributed by atoms with Crippen molar-refractivity contribution in [2.75, 3.05) is 21.7 Å². The lowest BCUT2D eigenvalue weighted by atomic mass is 10.1. The number of aliphatic hydroxyl groups is 1. The molecule has 2 aromatic carbocycles. The van der Waals surface area contributed by atoms with E-state index in [1.54, 1.807) is 4.90 Å². The van der Waals surface area contributed by atoms with Gasteiger partial charge < -0.3 is 15.3 Å². The second-order valence-electron chi connectivity index (χ2n) is 6.21. The van der Waals surface area contributed by atoms with Crippen LogP contribution in [-0.4, -0.2) is 42.3 Å². The molecule has 0 radical (unpaired) electrons. The van der Waals surface area contributed by atoms with E-state index in [-0.39, 0.29) is 11.5 Å². The molecule has 0 aromatic heterocycles. The maximum absolute atomic E-state index is 12.0. The number of thiocarbonyl (C=S) groups is 1. The molecule has 1 aliphatic heterocycles. The van der Waals surface area contributed by atoms with Gasteiger partial charge in [-0.1, -0.05) is 35.9 Å². The van der Waals surface area contributed by atoms with Crippen molar-refractivity contribution in [2.24, 2.45) is 0 Å². The van der Waals surface area contributed by atoms with Crippen LogP contribution in [0, 0.1) is 6.92 Å². The van der Waals surface area contributed by atoms with Gasteiger partial charge in [-0.15, -0.1) is 0 Å². The van der Waals surface area contributed by atoms with Gasteiger partial charge in [-0.3, -0.25) is 0 Å². The second kappa shape index (κ2) is 7.11. The number of para-hydroxylation sites is 1. The van der Waals surface area contributed by atoms with Crippen LogP contribution >= 0.6 is 12.2 Å². The fourth-order valence-corrected chi connectivity index (χ4v) is 5.05. The van der Waals surface area contributed by atoms with E-state index in [0.29, 0.717) is 5.11 Å². The van der Waals surface area contributed by atoms with E-state index in [0.717, 1.165) is 16.9 Å². The first-order valence-corrected chi connectivity index (χ1v) is 10.2. The Kier molecular flexibility index (Phi) is 5.08. The summed E-state index contributed by atoms with van der Waals surface area (Å²) in [6, 6.07) is 16.4. The monoisotopic (exact) mass is 376 g/mol. The number of aliphatic hydroxyl groups excluding tert-OH is 1. The van der Waals surface area contributed by atoms with E-state index >= 15 is 0 Å². The minimum atomic E-state index is -3.29. The van der Waals surface area contributed by atoms with Gasteiger partial charge in [-0.25, -0.2) is 8.42 Å². The van der Waals surface area contributed by atoms with Gasteiger partial charge in [0.25, 0.3) is 0 Å². The molecule has 0 spiro atoms. The number of nitrogens with one attached hydrogen (secondary N) is 1. The molecular weight excluding hydrogens is 356 g/mol. The van der Waals surface area contributed by atoms with Crippen molar-refractivity contribution < 1.29 is 13.5 Å². The van der Waals surface area contributed by atoms with Gasteiger partial charge in [0.2, 0.25) is 0 Å². The summed E-state index contributed by atoms with van der Waals surface area (Å²) in [4.78, 5) is 1.70. The maximum atomic E-state index is 12.0. The van der Waals surface area contributed by atoms with Crippen molar-refractivity contribution in [3.63, 3.8) is 0 Å². The van der Waals surface area contributed by atoms with E-state index in [2.05, 4.69) is 5.32 Å². The van der Waals surface area contributed by atoms with Gasteiger partial charge in [0.1, 0.15) is 0 Å². The zero-order chi connectivity index (χ0) is 18.0. The first kappa shape index (κ1) is 17.8. The lowest BCUT2D eigenvalue weighted by Gasteiger charge is -2.32. The van der Waals surface area contributed by atoms with E-state index < -0.39 is 22.0 Å². The zero-order valence-corrected chi connectivity index (χ0v) is 15.4. The Hall–Kier alpha value is -1.96. The van der Waals surface area contributed by atoms with Crippen LogP contribution in [0.1, 0.15) is 5.56 Å². The van der Waals surface area contributed by atoms with Crippen LogP contribution < -0.4 is 10.2 Å². The van der Waals surface area contributed by atoms with Gasteiger partial charge in [0.05, 0.1) is 23.7 Å². The third-order valence-corrected chi connectivity index (χ3v) is 6.18. The molecule has 1 saturated heterocycles. The molecule has 2 N–H and O–H groups in total. The SMILES string of the molecule is Cc1ccc(NC(=S)N(c2ccccc2)[C@@H]2CS(=O)(=O)C[C@H]2O)cc1. The normalized spacial score (nSPS) is 21.7. The van der Waals surface area contributed by atoms with E-state index in [1.807, 2.05) is 61.5 Å². The van der Waals surface area contributed by atoms with Crippen molar-refractivity contribution in [3.05, 3.63) is 60.2 Å². The van der Waals surface area contributed by atoms with Gasteiger partial charge in [-0.2, -0.15) is 0 Å². The number of sulfone groups is 1. The summed E-state index contributed by atoms with van der Waals surface area (Å²) in [5.74, 6) is -0.368. The van der Waals surface area contributed by atoms with Crippen LogP contribution in [0.5, 0.6) is 0 Å². The number of hydrogen-bond acceptors (Lipinski definition) is 4. The molecule has 5 nitrogen and oxygen atoms in total. The topological polar surface area (TPSA) is 69.6 Å². The minimum absolute atomic E-state index is 0.126. The fraction of sp³-hybridized carbons (Fsp3) is 0.278. The summed E-state index contributed by atoms with van der Waals surface area (Å²) in [5.41, 5.74) is 2.69. The van der Waals surface area contributed by atoms with Crippen molar-refractivity contribution in [1.82, 2.24) is 0 Å². The molecule has 3 rings (SSSR count). The van der Waals surface area contributed by atoms with Crippen LogP contribution in [0.3, 0.4) is 0 Å². The molecule has 132 valence electrons. The summed E-state index contributed by atoms with van der Waals surface area (Å²) in [6.45, 7) is 2.00. The number of rotatable bonds is 3. The number of anilines is 2. The lowest BCUT2D eigenvalue weighted by molar-refractivity contribution is 0.184. The highest BCUT2D eigenvalue weighted by atomic mass is 32.2. The first-order valence-electron chi connectivity index (χ1n) is 7.96. The fourth-order valence-electron chi connectivity index (χ4n) is 2.93. The molecule has 1 fully saturated rings. The summed E-state index contributed by atoms with van der Waals surface area (Å²) < 4.78 is 23.9. The highest BCUT2D eigenvalue weighted by Crippen LogP contribution is 2.26. The number of benzene rings is 2. The highest BCUT2D eigenvalue weighted by molar-refractivity contribution is 7.91. The summed E-state index contributed by atoms with van der Waals surface area (Å²) in [6.07, 6.45) is -0.983. The Labute approximate surface area is 153 Å². The van der Waals surface area contributed by atoms with Gasteiger partial charge in [0, 0.05) is 11.4 Å². The number of hydrogen-bond donors (Lipinski definition) is 2. The average Bonchev–Trinajstić information content (AvgIpc) is 2.83. The molecular formula is C18H20N2O3S2. The maximum Gasteiger partial charge on any atom is 0.178 e. The molecule has 7 heteroatoms. The number of aryl methyl sites for hydroxylation is 1. The molecule has 2 atom stereocenters. The molecule has 0 unspecified atom stereocenters. The summed E-state index contributed by atoms with van der Waals surface area (Å²) in [7, 11) is -3.29. The molecule has 1 aliphatic rings. The minimum Gasteiger partial charge on any atom is -0.390 e.